The molecular weight excluding hydrogens is 254 g/mol. The molecule has 2 aliphatic heterocycles. The van der Waals surface area contributed by atoms with Gasteiger partial charge in [-0.05, 0) is 25.5 Å². The van der Waals surface area contributed by atoms with Crippen molar-refractivity contribution in [2.24, 2.45) is 0 Å². The number of rotatable bonds is 2. The fourth-order valence-corrected chi connectivity index (χ4v) is 2.99. The van der Waals surface area contributed by atoms with Gasteiger partial charge in [-0.3, -0.25) is 0 Å². The molecule has 2 aliphatic rings. The van der Waals surface area contributed by atoms with E-state index in [4.69, 9.17) is 9.26 Å². The molecule has 0 aliphatic carbocycles. The molecule has 2 aromatic rings. The Labute approximate surface area is 117 Å². The van der Waals surface area contributed by atoms with E-state index in [1.807, 2.05) is 18.2 Å². The molecule has 1 unspecified atom stereocenters. The molecule has 1 aromatic carbocycles. The van der Waals surface area contributed by atoms with Crippen LogP contribution in [0.15, 0.2) is 28.8 Å². The van der Waals surface area contributed by atoms with Crippen molar-refractivity contribution in [2.45, 2.75) is 24.7 Å². The Morgan fingerprint density at radius 2 is 2.20 bits per heavy atom. The summed E-state index contributed by atoms with van der Waals surface area (Å²) in [6.07, 6.45) is 2.28. The monoisotopic (exact) mass is 271 g/mol. The highest BCUT2D eigenvalue weighted by molar-refractivity contribution is 5.42. The minimum Gasteiger partial charge on any atom is -0.492 e. The topological polar surface area (TPSA) is 60.2 Å². The van der Waals surface area contributed by atoms with Gasteiger partial charge in [0.05, 0.1) is 11.8 Å². The molecule has 1 N–H and O–H groups in total. The second-order valence-corrected chi connectivity index (χ2v) is 5.44. The molecule has 3 heterocycles. The molecule has 0 bridgehead atoms. The molecule has 0 radical (unpaired) electrons. The summed E-state index contributed by atoms with van der Waals surface area (Å²) in [7, 11) is 0. The number of ether oxygens (including phenoxy) is 1. The number of hydrogen-bond donors (Lipinski definition) is 1. The normalized spacial score (nSPS) is 25.2. The fraction of sp³-hybridized carbons (Fsp3) is 0.467. The van der Waals surface area contributed by atoms with Crippen LogP contribution in [0, 0.1) is 0 Å². The number of hydrogen-bond acceptors (Lipinski definition) is 5. The van der Waals surface area contributed by atoms with Gasteiger partial charge in [0, 0.05) is 12.1 Å². The van der Waals surface area contributed by atoms with E-state index < -0.39 is 0 Å². The van der Waals surface area contributed by atoms with Crippen LogP contribution in [0.4, 0.5) is 0 Å². The highest BCUT2D eigenvalue weighted by Crippen LogP contribution is 2.37. The lowest BCUT2D eigenvalue weighted by atomic mass is 9.99. The van der Waals surface area contributed by atoms with E-state index >= 15 is 0 Å². The summed E-state index contributed by atoms with van der Waals surface area (Å²) in [5.74, 6) is 2.89. The van der Waals surface area contributed by atoms with E-state index in [2.05, 4.69) is 21.5 Å². The third-order valence-corrected chi connectivity index (χ3v) is 4.12. The summed E-state index contributed by atoms with van der Waals surface area (Å²) in [6, 6.07) is 8.07. The van der Waals surface area contributed by atoms with E-state index in [1.54, 1.807) is 0 Å². The summed E-state index contributed by atoms with van der Waals surface area (Å²) in [5.41, 5.74) is 1.15. The average Bonchev–Trinajstić information content (AvgIpc) is 3.14. The van der Waals surface area contributed by atoms with Crippen LogP contribution in [0.1, 0.15) is 42.0 Å². The maximum Gasteiger partial charge on any atom is 0.231 e. The van der Waals surface area contributed by atoms with Crippen LogP contribution in [0.3, 0.4) is 0 Å². The van der Waals surface area contributed by atoms with Crippen molar-refractivity contribution in [3.63, 3.8) is 0 Å². The van der Waals surface area contributed by atoms with Crippen LogP contribution in [0.2, 0.25) is 0 Å². The molecule has 5 nitrogen and oxygen atoms in total. The Hall–Kier alpha value is -1.88. The molecular formula is C15H17N3O2. The molecule has 0 saturated carbocycles. The molecule has 4 rings (SSSR count). The van der Waals surface area contributed by atoms with Crippen molar-refractivity contribution in [3.05, 3.63) is 41.5 Å². The van der Waals surface area contributed by atoms with E-state index in [1.165, 1.54) is 0 Å². The molecule has 0 amide bonds. The molecule has 5 heteroatoms. The summed E-state index contributed by atoms with van der Waals surface area (Å²) < 4.78 is 11.2. The van der Waals surface area contributed by atoms with Crippen molar-refractivity contribution < 1.29 is 9.26 Å². The zero-order chi connectivity index (χ0) is 13.4. The largest absolute Gasteiger partial charge is 0.492 e. The van der Waals surface area contributed by atoms with Crippen LogP contribution in [-0.4, -0.2) is 29.8 Å². The van der Waals surface area contributed by atoms with Crippen molar-refractivity contribution in [3.8, 4) is 5.75 Å². The number of aromatic nitrogens is 2. The zero-order valence-corrected chi connectivity index (χ0v) is 11.2. The standard InChI is InChI=1S/C15H17N3O2/c1-2-6-13-11(5-1)12(9-19-13)14-17-15(20-18-14)10-4-3-7-16-8-10/h1-2,5-6,10,12,16H,3-4,7-9H2/t10-,12?/m1/s1. The third-order valence-electron chi connectivity index (χ3n) is 4.12. The predicted molar refractivity (Wildman–Crippen MR) is 72.9 cm³/mol. The quantitative estimate of drug-likeness (QED) is 0.906. The van der Waals surface area contributed by atoms with Crippen molar-refractivity contribution >= 4 is 0 Å². The molecule has 1 saturated heterocycles. The minimum absolute atomic E-state index is 0.0975. The number of benzene rings is 1. The van der Waals surface area contributed by atoms with Crippen LogP contribution in [0.5, 0.6) is 5.75 Å². The second-order valence-electron chi connectivity index (χ2n) is 5.44. The number of nitrogens with zero attached hydrogens (tertiary/aromatic N) is 2. The van der Waals surface area contributed by atoms with Gasteiger partial charge in [-0.25, -0.2) is 0 Å². The average molecular weight is 271 g/mol. The Morgan fingerprint density at radius 1 is 1.25 bits per heavy atom. The van der Waals surface area contributed by atoms with E-state index in [-0.39, 0.29) is 5.92 Å². The van der Waals surface area contributed by atoms with Gasteiger partial charge < -0.3 is 14.6 Å². The summed E-state index contributed by atoms with van der Waals surface area (Å²) >= 11 is 0. The lowest BCUT2D eigenvalue weighted by Crippen LogP contribution is -2.28. The first-order valence-corrected chi connectivity index (χ1v) is 7.18. The van der Waals surface area contributed by atoms with E-state index in [9.17, 15) is 0 Å². The predicted octanol–water partition coefficient (Wildman–Crippen LogP) is 2.06. The molecule has 2 atom stereocenters. The zero-order valence-electron chi connectivity index (χ0n) is 11.2. The molecule has 0 spiro atoms. The third kappa shape index (κ3) is 1.98. The molecule has 1 fully saturated rings. The minimum atomic E-state index is 0.0975. The Balaban J connectivity index is 1.59. The van der Waals surface area contributed by atoms with Crippen molar-refractivity contribution in [1.82, 2.24) is 15.5 Å². The van der Waals surface area contributed by atoms with Crippen molar-refractivity contribution in [2.75, 3.05) is 19.7 Å². The van der Waals surface area contributed by atoms with Gasteiger partial charge in [0.1, 0.15) is 12.4 Å². The number of fused-ring (bicyclic) bond motifs is 1. The van der Waals surface area contributed by atoms with Gasteiger partial charge in [0.25, 0.3) is 0 Å². The number of piperidine rings is 1. The molecule has 1 aromatic heterocycles. The summed E-state index contributed by atoms with van der Waals surface area (Å²) in [6.45, 7) is 2.61. The van der Waals surface area contributed by atoms with Gasteiger partial charge in [0.2, 0.25) is 5.89 Å². The van der Waals surface area contributed by atoms with Crippen LogP contribution in [0.25, 0.3) is 0 Å². The van der Waals surface area contributed by atoms with E-state index in [0.29, 0.717) is 12.5 Å². The lowest BCUT2D eigenvalue weighted by molar-refractivity contribution is 0.313. The maximum atomic E-state index is 5.69. The van der Waals surface area contributed by atoms with Crippen LogP contribution >= 0.6 is 0 Å². The SMILES string of the molecule is c1ccc2c(c1)OCC2c1noc([C@@H]2CCCNC2)n1. The smallest absolute Gasteiger partial charge is 0.231 e. The van der Waals surface area contributed by atoms with Crippen molar-refractivity contribution in [1.29, 1.82) is 0 Å². The number of para-hydroxylation sites is 1. The Kier molecular flexibility index (Phi) is 2.92. The lowest BCUT2D eigenvalue weighted by Gasteiger charge is -2.18. The second kappa shape index (κ2) is 4.90. The molecule has 104 valence electrons. The Bertz CT molecular complexity index is 605. The number of nitrogens with one attached hydrogen (secondary N) is 1. The Morgan fingerprint density at radius 3 is 3.10 bits per heavy atom. The highest BCUT2D eigenvalue weighted by Gasteiger charge is 2.30. The van der Waals surface area contributed by atoms with Gasteiger partial charge in [-0.1, -0.05) is 23.4 Å². The highest BCUT2D eigenvalue weighted by atomic mass is 16.5. The van der Waals surface area contributed by atoms with Gasteiger partial charge in [0.15, 0.2) is 5.82 Å². The van der Waals surface area contributed by atoms with Gasteiger partial charge in [-0.2, -0.15) is 4.98 Å². The maximum absolute atomic E-state index is 5.69. The fourth-order valence-electron chi connectivity index (χ4n) is 2.99. The van der Waals surface area contributed by atoms with Gasteiger partial charge in [-0.15, -0.1) is 0 Å². The molecule has 20 heavy (non-hydrogen) atoms. The summed E-state index contributed by atoms with van der Waals surface area (Å²) in [4.78, 5) is 4.62. The first-order valence-electron chi connectivity index (χ1n) is 7.18. The summed E-state index contributed by atoms with van der Waals surface area (Å²) in [5, 5.41) is 7.55. The first kappa shape index (κ1) is 11.9. The van der Waals surface area contributed by atoms with Crippen LogP contribution in [-0.2, 0) is 0 Å². The van der Waals surface area contributed by atoms with Gasteiger partial charge >= 0.3 is 0 Å². The van der Waals surface area contributed by atoms with E-state index in [0.717, 1.165) is 49.0 Å². The first-order chi connectivity index (χ1) is 9.92. The van der Waals surface area contributed by atoms with Crippen LogP contribution < -0.4 is 10.1 Å².